The molecular weight excluding hydrogens is 378 g/mol. The van der Waals surface area contributed by atoms with Gasteiger partial charge in [-0.25, -0.2) is 9.78 Å². The van der Waals surface area contributed by atoms with Crippen LogP contribution in [0.5, 0.6) is 0 Å². The number of urea groups is 1. The van der Waals surface area contributed by atoms with Gasteiger partial charge in [0.05, 0.1) is 0 Å². The molecule has 0 atom stereocenters. The Kier molecular flexibility index (Phi) is 7.17. The second-order valence-electron chi connectivity index (χ2n) is 5.87. The van der Waals surface area contributed by atoms with Gasteiger partial charge in [0.2, 0.25) is 0 Å². The number of rotatable bonds is 5. The van der Waals surface area contributed by atoms with E-state index in [1.165, 1.54) is 0 Å². The van der Waals surface area contributed by atoms with E-state index in [-0.39, 0.29) is 24.3 Å². The average Bonchev–Trinajstić information content (AvgIpc) is 2.68. The molecule has 0 spiro atoms. The summed E-state index contributed by atoms with van der Waals surface area (Å²) in [5.41, 5.74) is 2.24. The Balaban J connectivity index is 0.00000280. The fourth-order valence-corrected chi connectivity index (χ4v) is 2.71. The zero-order valence-corrected chi connectivity index (χ0v) is 16.4. The highest BCUT2D eigenvalue weighted by atomic mass is 35.5. The molecule has 4 N–H and O–H groups in total. The Morgan fingerprint density at radius 2 is 1.86 bits per heavy atom. The van der Waals surface area contributed by atoms with E-state index in [4.69, 9.17) is 0 Å². The van der Waals surface area contributed by atoms with Crippen LogP contribution in [0.1, 0.15) is 17.3 Å². The van der Waals surface area contributed by atoms with Gasteiger partial charge in [0.15, 0.2) is 0 Å². The third-order valence-corrected chi connectivity index (χ3v) is 3.97. The Hall–Kier alpha value is -3.32. The van der Waals surface area contributed by atoms with Crippen molar-refractivity contribution in [2.24, 2.45) is 0 Å². The summed E-state index contributed by atoms with van der Waals surface area (Å²) in [5, 5.41) is 13.2. The van der Waals surface area contributed by atoms with Crippen LogP contribution in [0.4, 0.5) is 22.0 Å². The van der Waals surface area contributed by atoms with E-state index in [9.17, 15) is 9.59 Å². The summed E-state index contributed by atoms with van der Waals surface area (Å²) in [6, 6.07) is 14.6. The van der Waals surface area contributed by atoms with E-state index in [0.29, 0.717) is 17.9 Å². The summed E-state index contributed by atoms with van der Waals surface area (Å²) in [4.78, 5) is 27.8. The predicted molar refractivity (Wildman–Crippen MR) is 115 cm³/mol. The standard InChI is InChI=1S/C20H21N5O2.ClH/c1-3-22-20(27)25-18-11-13-6-5-9-17(16(13)12-23-18)24-15-8-4-7-14(10-15)19(26)21-2;/h4-12,24H,3H2,1-2H3,(H,21,26)(H2,22,23,25,27);1H. The topological polar surface area (TPSA) is 95.2 Å². The Bertz CT molecular complexity index is 993. The van der Waals surface area contributed by atoms with Crippen LogP contribution in [-0.4, -0.2) is 30.5 Å². The molecule has 2 aromatic carbocycles. The normalized spacial score (nSPS) is 9.93. The van der Waals surface area contributed by atoms with Crippen molar-refractivity contribution in [3.05, 3.63) is 60.3 Å². The van der Waals surface area contributed by atoms with Gasteiger partial charge in [0, 0.05) is 42.1 Å². The van der Waals surface area contributed by atoms with Gasteiger partial charge in [-0.3, -0.25) is 10.1 Å². The Morgan fingerprint density at radius 3 is 2.61 bits per heavy atom. The number of carbonyl (C=O) groups excluding carboxylic acids is 2. The zero-order chi connectivity index (χ0) is 19.2. The van der Waals surface area contributed by atoms with E-state index in [1.807, 2.05) is 43.3 Å². The van der Waals surface area contributed by atoms with Crippen molar-refractivity contribution >= 4 is 52.3 Å². The smallest absolute Gasteiger partial charge is 0.320 e. The molecule has 0 saturated heterocycles. The Labute approximate surface area is 169 Å². The molecule has 1 heterocycles. The van der Waals surface area contributed by atoms with Crippen molar-refractivity contribution in [3.8, 4) is 0 Å². The molecule has 0 fully saturated rings. The first-order valence-electron chi connectivity index (χ1n) is 8.63. The molecule has 0 aliphatic carbocycles. The predicted octanol–water partition coefficient (Wildman–Crippen LogP) is 3.90. The maximum Gasteiger partial charge on any atom is 0.320 e. The van der Waals surface area contributed by atoms with E-state index in [2.05, 4.69) is 26.3 Å². The molecular formula is C20H22ClN5O2. The molecule has 0 saturated carbocycles. The van der Waals surface area contributed by atoms with Crippen LogP contribution >= 0.6 is 12.4 Å². The minimum absolute atomic E-state index is 0. The second-order valence-corrected chi connectivity index (χ2v) is 5.87. The van der Waals surface area contributed by atoms with Crippen molar-refractivity contribution in [2.75, 3.05) is 24.2 Å². The number of nitrogens with zero attached hydrogens (tertiary/aromatic N) is 1. The number of benzene rings is 2. The molecule has 28 heavy (non-hydrogen) atoms. The molecule has 0 radical (unpaired) electrons. The fourth-order valence-electron chi connectivity index (χ4n) is 2.71. The summed E-state index contributed by atoms with van der Waals surface area (Å²) in [6.45, 7) is 2.40. The van der Waals surface area contributed by atoms with Crippen molar-refractivity contribution in [3.63, 3.8) is 0 Å². The van der Waals surface area contributed by atoms with Gasteiger partial charge in [-0.05, 0) is 42.6 Å². The maximum atomic E-state index is 11.8. The highest BCUT2D eigenvalue weighted by Crippen LogP contribution is 2.27. The summed E-state index contributed by atoms with van der Waals surface area (Å²) < 4.78 is 0. The number of fused-ring (bicyclic) bond motifs is 1. The third kappa shape index (κ3) is 4.89. The van der Waals surface area contributed by atoms with E-state index in [1.54, 1.807) is 25.4 Å². The Morgan fingerprint density at radius 1 is 1.07 bits per heavy atom. The van der Waals surface area contributed by atoms with Gasteiger partial charge >= 0.3 is 6.03 Å². The van der Waals surface area contributed by atoms with Gasteiger partial charge in [-0.1, -0.05) is 18.2 Å². The number of nitrogens with one attached hydrogen (secondary N) is 4. The molecule has 0 aliphatic heterocycles. The first kappa shape index (κ1) is 21.0. The van der Waals surface area contributed by atoms with Crippen LogP contribution < -0.4 is 21.3 Å². The van der Waals surface area contributed by atoms with Gasteiger partial charge in [-0.15, -0.1) is 12.4 Å². The molecule has 3 aromatic rings. The monoisotopic (exact) mass is 399 g/mol. The summed E-state index contributed by atoms with van der Waals surface area (Å²) in [7, 11) is 1.60. The number of aromatic nitrogens is 1. The summed E-state index contributed by atoms with van der Waals surface area (Å²) >= 11 is 0. The fraction of sp³-hybridized carbons (Fsp3) is 0.150. The minimum atomic E-state index is -0.287. The number of amides is 3. The lowest BCUT2D eigenvalue weighted by Crippen LogP contribution is -2.28. The lowest BCUT2D eigenvalue weighted by molar-refractivity contribution is 0.0963. The van der Waals surface area contributed by atoms with E-state index >= 15 is 0 Å². The largest absolute Gasteiger partial charge is 0.355 e. The van der Waals surface area contributed by atoms with Gasteiger partial charge in [0.1, 0.15) is 5.82 Å². The molecule has 3 amide bonds. The third-order valence-electron chi connectivity index (χ3n) is 3.97. The lowest BCUT2D eigenvalue weighted by Gasteiger charge is -2.12. The molecule has 0 bridgehead atoms. The average molecular weight is 400 g/mol. The summed E-state index contributed by atoms with van der Waals surface area (Å²) in [5.74, 6) is 0.339. The number of hydrogen-bond donors (Lipinski definition) is 4. The second kappa shape index (κ2) is 9.57. The molecule has 0 unspecified atom stereocenters. The number of anilines is 3. The highest BCUT2D eigenvalue weighted by Gasteiger charge is 2.08. The van der Waals surface area contributed by atoms with Crippen molar-refractivity contribution in [1.82, 2.24) is 15.6 Å². The van der Waals surface area contributed by atoms with Crippen LogP contribution in [0.15, 0.2) is 54.7 Å². The number of hydrogen-bond acceptors (Lipinski definition) is 4. The number of pyridine rings is 1. The van der Waals surface area contributed by atoms with E-state index in [0.717, 1.165) is 22.1 Å². The summed E-state index contributed by atoms with van der Waals surface area (Å²) in [6.07, 6.45) is 1.71. The lowest BCUT2D eigenvalue weighted by atomic mass is 10.1. The number of halogens is 1. The van der Waals surface area contributed by atoms with Gasteiger partial charge < -0.3 is 16.0 Å². The van der Waals surface area contributed by atoms with Crippen LogP contribution in [-0.2, 0) is 0 Å². The zero-order valence-electron chi connectivity index (χ0n) is 15.6. The first-order valence-corrected chi connectivity index (χ1v) is 8.63. The van der Waals surface area contributed by atoms with Crippen LogP contribution in [0.2, 0.25) is 0 Å². The van der Waals surface area contributed by atoms with Crippen molar-refractivity contribution in [2.45, 2.75) is 6.92 Å². The van der Waals surface area contributed by atoms with Crippen molar-refractivity contribution < 1.29 is 9.59 Å². The maximum absolute atomic E-state index is 11.8. The van der Waals surface area contributed by atoms with Gasteiger partial charge in [0.25, 0.3) is 5.91 Å². The first-order chi connectivity index (χ1) is 13.1. The SMILES string of the molecule is CCNC(=O)Nc1cc2cccc(Nc3cccc(C(=O)NC)c3)c2cn1.Cl. The molecule has 7 nitrogen and oxygen atoms in total. The molecule has 0 aliphatic rings. The molecule has 146 valence electrons. The number of carbonyl (C=O) groups is 2. The van der Waals surface area contributed by atoms with Crippen molar-refractivity contribution in [1.29, 1.82) is 0 Å². The van der Waals surface area contributed by atoms with Crippen LogP contribution in [0, 0.1) is 0 Å². The van der Waals surface area contributed by atoms with E-state index < -0.39 is 0 Å². The van der Waals surface area contributed by atoms with Crippen LogP contribution in [0.25, 0.3) is 10.8 Å². The molecule has 1 aromatic heterocycles. The quantitative estimate of drug-likeness (QED) is 0.523. The minimum Gasteiger partial charge on any atom is -0.355 e. The van der Waals surface area contributed by atoms with Gasteiger partial charge in [-0.2, -0.15) is 0 Å². The molecule has 8 heteroatoms. The molecule has 3 rings (SSSR count). The van der Waals surface area contributed by atoms with Crippen LogP contribution in [0.3, 0.4) is 0 Å². The highest BCUT2D eigenvalue weighted by molar-refractivity contribution is 5.99.